The number of nitrogens with one attached hydrogen (secondary N) is 3. The minimum absolute atomic E-state index is 0.0165. The van der Waals surface area contributed by atoms with E-state index < -0.39 is 50.1 Å². The summed E-state index contributed by atoms with van der Waals surface area (Å²) in [7, 11) is -2.28. The van der Waals surface area contributed by atoms with Gasteiger partial charge >= 0.3 is 0 Å². The molecule has 3 heterocycles. The number of aromatic nitrogens is 1. The molecular formula is C52H57ClF2N7O6S3-. The molecule has 71 heavy (non-hydrogen) atoms. The number of aliphatic hydroxyl groups is 1. The first-order valence-corrected chi connectivity index (χ1v) is 27.5. The molecule has 4 N–H and O–H groups in total. The molecule has 8 rings (SSSR count). The number of rotatable bonds is 18. The molecule has 19 heteroatoms. The van der Waals surface area contributed by atoms with E-state index in [4.69, 9.17) is 11.6 Å². The summed E-state index contributed by atoms with van der Waals surface area (Å²) in [6, 6.07) is 31.7. The van der Waals surface area contributed by atoms with Gasteiger partial charge in [0.1, 0.15) is 5.82 Å². The molecule has 13 nitrogen and oxygen atoms in total. The number of likely N-dealkylation sites (tertiary alicyclic amines) is 1. The minimum atomic E-state index is -3.94. The molecule has 2 atom stereocenters. The summed E-state index contributed by atoms with van der Waals surface area (Å²) in [6.07, 6.45) is 2.23. The fourth-order valence-electron chi connectivity index (χ4n) is 9.23. The van der Waals surface area contributed by atoms with E-state index in [1.807, 2.05) is 48.2 Å². The summed E-state index contributed by atoms with van der Waals surface area (Å²) >= 11 is 5.35. The van der Waals surface area contributed by atoms with Gasteiger partial charge < -0.3 is 39.6 Å². The lowest BCUT2D eigenvalue weighted by atomic mass is 9.94. The highest BCUT2D eigenvalue weighted by Gasteiger charge is 2.32. The number of halogens is 3. The summed E-state index contributed by atoms with van der Waals surface area (Å²) in [4.78, 5) is 21.2. The fourth-order valence-corrected chi connectivity index (χ4v) is 11.7. The number of hydrogen-bond donors (Lipinski definition) is 4. The highest BCUT2D eigenvalue weighted by Crippen LogP contribution is 2.43. The molecular weight excluding hydrogens is 988 g/mol. The number of thioether (sulfide) groups is 1. The van der Waals surface area contributed by atoms with Crippen molar-refractivity contribution < 1.29 is 35.9 Å². The fraction of sp³-hybridized carbons (Fsp3) is 0.327. The second-order valence-electron chi connectivity index (χ2n) is 17.9. The zero-order valence-corrected chi connectivity index (χ0v) is 42.9. The number of carbonyl (C=O) groups is 1. The number of hydrogen-bond acceptors (Lipinski definition) is 11. The predicted molar refractivity (Wildman–Crippen MR) is 281 cm³/mol. The number of nitrogens with zero attached hydrogens (tertiary/aromatic N) is 4. The smallest absolute Gasteiger partial charge is 0.261 e. The van der Waals surface area contributed by atoms with Gasteiger partial charge in [0.2, 0.25) is 0 Å². The first-order valence-electron chi connectivity index (χ1n) is 23.4. The summed E-state index contributed by atoms with van der Waals surface area (Å²) < 4.78 is 87.7. The molecule has 1 aromatic heterocycles. The molecule has 5 aromatic carbocycles. The maximum Gasteiger partial charge on any atom is 0.261 e. The second-order valence-corrected chi connectivity index (χ2v) is 22.0. The molecule has 2 fully saturated rings. The van der Waals surface area contributed by atoms with Gasteiger partial charge in [-0.25, -0.2) is 17.2 Å². The highest BCUT2D eigenvalue weighted by atomic mass is 35.5. The third-order valence-corrected chi connectivity index (χ3v) is 16.4. The van der Waals surface area contributed by atoms with E-state index in [9.17, 15) is 27.1 Å². The van der Waals surface area contributed by atoms with Crippen molar-refractivity contribution in [2.45, 2.75) is 55.0 Å². The number of amides is 1. The van der Waals surface area contributed by atoms with Crippen LogP contribution in [0.3, 0.4) is 0 Å². The number of sulfonamides is 1. The third-order valence-electron chi connectivity index (χ3n) is 13.2. The molecule has 1 unspecified atom stereocenters. The molecule has 0 saturated carbocycles. The van der Waals surface area contributed by atoms with E-state index in [2.05, 4.69) is 37.3 Å². The van der Waals surface area contributed by atoms with Gasteiger partial charge in [-0.15, -0.1) is 11.8 Å². The molecule has 0 radical (unpaired) electrons. The number of aryl methyl sites for hydroxylation is 1. The van der Waals surface area contributed by atoms with E-state index in [-0.39, 0.29) is 33.9 Å². The number of carbonyl (C=O) groups excluding carboxylic acids is 1. The van der Waals surface area contributed by atoms with E-state index >= 15 is 8.78 Å². The Hall–Kier alpha value is -5.47. The Morgan fingerprint density at radius 3 is 2.23 bits per heavy atom. The van der Waals surface area contributed by atoms with Gasteiger partial charge in [0.25, 0.3) is 15.9 Å². The maximum atomic E-state index is 17.0. The average molecular weight is 1050 g/mol. The van der Waals surface area contributed by atoms with Crippen LogP contribution in [-0.2, 0) is 28.2 Å². The van der Waals surface area contributed by atoms with Gasteiger partial charge in [0.05, 0.1) is 39.4 Å². The lowest BCUT2D eigenvalue weighted by Gasteiger charge is -2.37. The van der Waals surface area contributed by atoms with Crippen LogP contribution in [-0.4, -0.2) is 107 Å². The van der Waals surface area contributed by atoms with Gasteiger partial charge in [-0.1, -0.05) is 41.9 Å². The normalized spacial score (nSPS) is 15.7. The molecule has 0 bridgehead atoms. The van der Waals surface area contributed by atoms with Crippen molar-refractivity contribution >= 4 is 73.1 Å². The van der Waals surface area contributed by atoms with Crippen molar-refractivity contribution in [1.29, 1.82) is 0 Å². The van der Waals surface area contributed by atoms with Crippen molar-refractivity contribution in [3.63, 3.8) is 0 Å². The van der Waals surface area contributed by atoms with E-state index in [0.29, 0.717) is 53.8 Å². The summed E-state index contributed by atoms with van der Waals surface area (Å²) in [5.74, 6) is -2.43. The van der Waals surface area contributed by atoms with Gasteiger partial charge in [0, 0.05) is 103 Å². The van der Waals surface area contributed by atoms with Crippen LogP contribution in [0.2, 0.25) is 5.02 Å². The Morgan fingerprint density at radius 2 is 1.56 bits per heavy atom. The lowest BCUT2D eigenvalue weighted by molar-refractivity contribution is 0.0817. The van der Waals surface area contributed by atoms with Crippen LogP contribution < -0.4 is 25.2 Å². The molecule has 6 aromatic rings. The van der Waals surface area contributed by atoms with Crippen LogP contribution >= 0.6 is 23.4 Å². The largest absolute Gasteiger partial charge is 0.771 e. The van der Waals surface area contributed by atoms with Crippen molar-refractivity contribution in [2.24, 2.45) is 7.05 Å². The Kier molecular flexibility index (Phi) is 16.8. The maximum absolute atomic E-state index is 17.0. The first-order chi connectivity index (χ1) is 34.1. The van der Waals surface area contributed by atoms with Crippen LogP contribution in [0.15, 0.2) is 119 Å². The number of aliphatic hydroxyl groups excluding tert-OH is 1. The minimum Gasteiger partial charge on any atom is -0.771 e. The topological polar surface area (TPSA) is 162 Å². The molecule has 0 spiro atoms. The third kappa shape index (κ3) is 12.4. The van der Waals surface area contributed by atoms with Gasteiger partial charge in [-0.05, 0) is 134 Å². The quantitative estimate of drug-likeness (QED) is 0.0480. The molecule has 2 aliphatic heterocycles. The predicted octanol–water partition coefficient (Wildman–Crippen LogP) is 9.02. The van der Waals surface area contributed by atoms with Crippen LogP contribution in [0.4, 0.5) is 31.5 Å². The van der Waals surface area contributed by atoms with Crippen molar-refractivity contribution in [3.05, 3.63) is 143 Å². The zero-order valence-electron chi connectivity index (χ0n) is 39.7. The SMILES string of the molecule is Cc1cc(S(=O)(=O)Nc2ccc(N3CCN(c4ccc(F)c(-c5c(C(=O)NCS(=O)[O-])c(C)n(C)c5-c5ccc(Cl)cc5)c4F)CC3)cc2)ccc1N[C@H](CCN1CCC(O)CC1)CSc1ccccc1. The van der Waals surface area contributed by atoms with Crippen LogP contribution in [0.25, 0.3) is 22.4 Å². The summed E-state index contributed by atoms with van der Waals surface area (Å²) in [5, 5.41) is 16.5. The molecule has 0 aliphatic carbocycles. The number of piperazine rings is 1. The van der Waals surface area contributed by atoms with E-state index in [1.54, 1.807) is 78.8 Å². The van der Waals surface area contributed by atoms with Gasteiger partial charge in [-0.3, -0.25) is 13.7 Å². The van der Waals surface area contributed by atoms with Crippen molar-refractivity contribution in [3.8, 4) is 22.4 Å². The standard InChI is InChI=1S/C52H58ClF2N7O6S3/c1-34-31-43(17-19-45(34)57-39(32-69-42-7-5-4-6-8-42)21-24-60-25-22-41(63)23-26-60)71(67,68)58-38-13-15-40(16-14-38)61-27-29-62(30-28-61)46-20-18-44(54)48(50(46)55)49-47(52(64)56-33-70(65)66)35(2)59(3)51(49)36-9-11-37(53)12-10-36/h4-20,31,39,41,57-58,63H,21-30,32-33H2,1-3H3,(H,56,64)(H,65,66)/p-1/t39-/m1/s1. The Bertz CT molecular complexity index is 2970. The highest BCUT2D eigenvalue weighted by molar-refractivity contribution is 7.99. The number of piperidine rings is 1. The Labute approximate surface area is 425 Å². The van der Waals surface area contributed by atoms with Crippen LogP contribution in [0.5, 0.6) is 0 Å². The lowest BCUT2D eigenvalue weighted by Crippen LogP contribution is -2.46. The summed E-state index contributed by atoms with van der Waals surface area (Å²) in [6.45, 7) is 7.81. The average Bonchev–Trinajstić information content (AvgIpc) is 3.61. The van der Waals surface area contributed by atoms with Crippen LogP contribution in [0, 0.1) is 25.5 Å². The summed E-state index contributed by atoms with van der Waals surface area (Å²) in [5.41, 5.74) is 3.78. The van der Waals surface area contributed by atoms with Crippen molar-refractivity contribution in [1.82, 2.24) is 14.8 Å². The van der Waals surface area contributed by atoms with Gasteiger partial charge in [0.15, 0.2) is 5.82 Å². The van der Waals surface area contributed by atoms with Gasteiger partial charge in [-0.2, -0.15) is 0 Å². The first kappa shape index (κ1) is 51.9. The Balaban J connectivity index is 0.932. The molecule has 1 amide bonds. The van der Waals surface area contributed by atoms with E-state index in [1.165, 1.54) is 17.0 Å². The second kappa shape index (κ2) is 22.9. The van der Waals surface area contributed by atoms with Crippen molar-refractivity contribution in [2.75, 3.05) is 77.3 Å². The number of anilines is 4. The zero-order chi connectivity index (χ0) is 50.4. The number of benzene rings is 5. The van der Waals surface area contributed by atoms with E-state index in [0.717, 1.165) is 61.6 Å². The molecule has 2 saturated heterocycles. The monoisotopic (exact) mass is 1040 g/mol. The molecule has 2 aliphatic rings. The molecule has 376 valence electrons. The van der Waals surface area contributed by atoms with Crippen LogP contribution in [0.1, 0.15) is 40.9 Å². The Morgan fingerprint density at radius 1 is 0.887 bits per heavy atom.